The lowest BCUT2D eigenvalue weighted by atomic mass is 10.1. The summed E-state index contributed by atoms with van der Waals surface area (Å²) in [6.45, 7) is 1.70. The van der Waals surface area contributed by atoms with Crippen molar-refractivity contribution in [1.82, 2.24) is 14.9 Å². The maximum atomic E-state index is 11.1. The highest BCUT2D eigenvalue weighted by atomic mass is 16.1. The molecule has 0 unspecified atom stereocenters. The van der Waals surface area contributed by atoms with Crippen molar-refractivity contribution in [2.45, 2.75) is 12.8 Å². The minimum atomic E-state index is -0.173. The average molecular weight is 244 g/mol. The first-order valence-electron chi connectivity index (χ1n) is 5.95. The molecule has 1 aromatic carbocycles. The molecule has 0 spiro atoms. The van der Waals surface area contributed by atoms with Crippen molar-refractivity contribution >= 4 is 11.0 Å². The molecule has 0 atom stereocenters. The van der Waals surface area contributed by atoms with Gasteiger partial charge in [0.15, 0.2) is 0 Å². The summed E-state index contributed by atoms with van der Waals surface area (Å²) in [4.78, 5) is 18.7. The molecule has 94 valence electrons. The first kappa shape index (κ1) is 12.4. The lowest BCUT2D eigenvalue weighted by Gasteiger charge is -2.14. The fraction of sp³-hybridized carbons (Fsp3) is 0.385. The Bertz CT molecular complexity index is 620. The lowest BCUT2D eigenvalue weighted by Crippen LogP contribution is -2.22. The Balaban J connectivity index is 1.99. The van der Waals surface area contributed by atoms with E-state index in [9.17, 15) is 4.79 Å². The van der Waals surface area contributed by atoms with Gasteiger partial charge in [0.05, 0.1) is 17.1 Å². The van der Waals surface area contributed by atoms with Gasteiger partial charge >= 0.3 is 5.69 Å². The topological polar surface area (TPSA) is 75.7 Å². The molecule has 0 saturated heterocycles. The first-order chi connectivity index (χ1) is 8.69. The normalized spacial score (nSPS) is 10.9. The smallest absolute Gasteiger partial charge is 0.306 e. The standard InChI is InChI=1S/C13H16N4O/c1-17(7-2-6-14)8-5-10-3-4-11-12(9-10)16-13(18)15-11/h3-4,9H,2,5,7-8H2,1H3,(H2,15,16,18). The predicted molar refractivity (Wildman–Crippen MR) is 70.4 cm³/mol. The Labute approximate surface area is 105 Å². The fourth-order valence-electron chi connectivity index (χ4n) is 1.91. The van der Waals surface area contributed by atoms with E-state index in [0.717, 1.165) is 30.5 Å². The molecular weight excluding hydrogens is 228 g/mol. The van der Waals surface area contributed by atoms with Gasteiger partial charge in [-0.25, -0.2) is 4.79 Å². The van der Waals surface area contributed by atoms with E-state index in [0.29, 0.717) is 6.42 Å². The van der Waals surface area contributed by atoms with Crippen LogP contribution in [-0.2, 0) is 6.42 Å². The number of hydrogen-bond acceptors (Lipinski definition) is 3. The third-order valence-corrected chi connectivity index (χ3v) is 2.97. The molecule has 2 aromatic rings. The quantitative estimate of drug-likeness (QED) is 0.831. The Morgan fingerprint density at radius 3 is 2.83 bits per heavy atom. The van der Waals surface area contributed by atoms with Crippen LogP contribution in [-0.4, -0.2) is 35.0 Å². The molecule has 0 amide bonds. The number of fused-ring (bicyclic) bond motifs is 1. The molecule has 5 nitrogen and oxygen atoms in total. The summed E-state index contributed by atoms with van der Waals surface area (Å²) >= 11 is 0. The molecule has 0 fully saturated rings. The van der Waals surface area contributed by atoms with Gasteiger partial charge < -0.3 is 14.9 Å². The molecule has 18 heavy (non-hydrogen) atoms. The van der Waals surface area contributed by atoms with Gasteiger partial charge in [0.2, 0.25) is 0 Å². The summed E-state index contributed by atoms with van der Waals surface area (Å²) in [7, 11) is 2.01. The number of aromatic nitrogens is 2. The van der Waals surface area contributed by atoms with Crippen molar-refractivity contribution in [3.05, 3.63) is 34.2 Å². The fourth-order valence-corrected chi connectivity index (χ4v) is 1.91. The number of rotatable bonds is 5. The average Bonchev–Trinajstić information content (AvgIpc) is 2.73. The molecule has 0 aliphatic heterocycles. The second-order valence-corrected chi connectivity index (χ2v) is 4.42. The molecule has 0 saturated carbocycles. The van der Waals surface area contributed by atoms with Crippen molar-refractivity contribution in [1.29, 1.82) is 5.26 Å². The van der Waals surface area contributed by atoms with E-state index in [2.05, 4.69) is 20.9 Å². The van der Waals surface area contributed by atoms with Crippen LogP contribution in [0.2, 0.25) is 0 Å². The zero-order chi connectivity index (χ0) is 13.0. The Hall–Kier alpha value is -2.06. The molecule has 0 radical (unpaired) electrons. The van der Waals surface area contributed by atoms with E-state index in [1.54, 1.807) is 0 Å². The van der Waals surface area contributed by atoms with Crippen LogP contribution in [0, 0.1) is 11.3 Å². The molecule has 5 heteroatoms. The number of likely N-dealkylation sites (N-methyl/N-ethyl adjacent to an activating group) is 1. The Morgan fingerprint density at radius 1 is 1.28 bits per heavy atom. The second-order valence-electron chi connectivity index (χ2n) is 4.42. The van der Waals surface area contributed by atoms with E-state index < -0.39 is 0 Å². The molecular formula is C13H16N4O. The van der Waals surface area contributed by atoms with Crippen LogP contribution in [0.15, 0.2) is 23.0 Å². The number of benzene rings is 1. The summed E-state index contributed by atoms with van der Waals surface area (Å²) < 4.78 is 0. The van der Waals surface area contributed by atoms with E-state index in [1.165, 1.54) is 5.56 Å². The van der Waals surface area contributed by atoms with Gasteiger partial charge in [-0.05, 0) is 31.2 Å². The maximum absolute atomic E-state index is 11.1. The molecule has 1 aromatic heterocycles. The summed E-state index contributed by atoms with van der Waals surface area (Å²) in [6, 6.07) is 8.06. The van der Waals surface area contributed by atoms with Gasteiger partial charge in [-0.1, -0.05) is 6.07 Å². The number of hydrogen-bond donors (Lipinski definition) is 2. The highest BCUT2D eigenvalue weighted by Gasteiger charge is 2.02. The van der Waals surface area contributed by atoms with Gasteiger partial charge in [-0.2, -0.15) is 5.26 Å². The van der Waals surface area contributed by atoms with Crippen LogP contribution < -0.4 is 5.69 Å². The zero-order valence-electron chi connectivity index (χ0n) is 10.4. The second kappa shape index (κ2) is 5.52. The maximum Gasteiger partial charge on any atom is 0.323 e. The molecule has 2 N–H and O–H groups in total. The minimum Gasteiger partial charge on any atom is -0.306 e. The van der Waals surface area contributed by atoms with Crippen LogP contribution in [0.5, 0.6) is 0 Å². The van der Waals surface area contributed by atoms with Crippen LogP contribution in [0.1, 0.15) is 12.0 Å². The first-order valence-corrected chi connectivity index (χ1v) is 5.95. The van der Waals surface area contributed by atoms with E-state index in [-0.39, 0.29) is 5.69 Å². The van der Waals surface area contributed by atoms with Gasteiger partial charge in [0, 0.05) is 19.5 Å². The molecule has 0 bridgehead atoms. The number of imidazole rings is 1. The summed E-state index contributed by atoms with van der Waals surface area (Å²) in [5.41, 5.74) is 2.69. The lowest BCUT2D eigenvalue weighted by molar-refractivity contribution is 0.346. The number of nitriles is 1. The number of H-pyrrole nitrogens is 2. The third kappa shape index (κ3) is 2.99. The van der Waals surface area contributed by atoms with Gasteiger partial charge in [0.25, 0.3) is 0 Å². The highest BCUT2D eigenvalue weighted by Crippen LogP contribution is 2.10. The van der Waals surface area contributed by atoms with Crippen molar-refractivity contribution in [2.24, 2.45) is 0 Å². The number of aromatic amines is 2. The highest BCUT2D eigenvalue weighted by molar-refractivity contribution is 5.74. The number of nitrogens with zero attached hydrogens (tertiary/aromatic N) is 2. The summed E-state index contributed by atoms with van der Waals surface area (Å²) in [5, 5.41) is 8.51. The largest absolute Gasteiger partial charge is 0.323 e. The van der Waals surface area contributed by atoms with Crippen molar-refractivity contribution in [3.8, 4) is 6.07 Å². The van der Waals surface area contributed by atoms with Crippen molar-refractivity contribution in [3.63, 3.8) is 0 Å². The van der Waals surface area contributed by atoms with Crippen LogP contribution in [0.25, 0.3) is 11.0 Å². The molecule has 0 aliphatic carbocycles. The third-order valence-electron chi connectivity index (χ3n) is 2.97. The van der Waals surface area contributed by atoms with Crippen LogP contribution in [0.3, 0.4) is 0 Å². The van der Waals surface area contributed by atoms with Crippen molar-refractivity contribution < 1.29 is 0 Å². The van der Waals surface area contributed by atoms with Gasteiger partial charge in [-0.3, -0.25) is 0 Å². The summed E-state index contributed by atoms with van der Waals surface area (Å²) in [5.74, 6) is 0. The minimum absolute atomic E-state index is 0.173. The van der Waals surface area contributed by atoms with E-state index in [1.807, 2.05) is 25.2 Å². The van der Waals surface area contributed by atoms with Crippen molar-refractivity contribution in [2.75, 3.05) is 20.1 Å². The SMILES string of the molecule is CN(CCC#N)CCc1ccc2[nH]c(=O)[nH]c2c1. The predicted octanol–water partition coefficient (Wildman–Crippen LogP) is 1.24. The Morgan fingerprint density at radius 2 is 2.06 bits per heavy atom. The zero-order valence-corrected chi connectivity index (χ0v) is 10.4. The number of nitrogens with one attached hydrogen (secondary N) is 2. The Kier molecular flexibility index (Phi) is 3.80. The molecule has 0 aliphatic rings. The molecule has 1 heterocycles. The van der Waals surface area contributed by atoms with Gasteiger partial charge in [0.1, 0.15) is 0 Å². The van der Waals surface area contributed by atoms with E-state index in [4.69, 9.17) is 5.26 Å². The van der Waals surface area contributed by atoms with E-state index >= 15 is 0 Å². The summed E-state index contributed by atoms with van der Waals surface area (Å²) in [6.07, 6.45) is 1.46. The van der Waals surface area contributed by atoms with Crippen LogP contribution >= 0.6 is 0 Å². The van der Waals surface area contributed by atoms with Gasteiger partial charge in [-0.15, -0.1) is 0 Å². The van der Waals surface area contributed by atoms with Crippen LogP contribution in [0.4, 0.5) is 0 Å². The molecule has 2 rings (SSSR count). The monoisotopic (exact) mass is 244 g/mol.